The third-order valence-corrected chi connectivity index (χ3v) is 6.24. The number of aromatic nitrogens is 1. The molecule has 182 valence electrons. The lowest BCUT2D eigenvalue weighted by atomic mass is 10.1. The Kier molecular flexibility index (Phi) is 7.41. The summed E-state index contributed by atoms with van der Waals surface area (Å²) in [5, 5.41) is 9.13. The van der Waals surface area contributed by atoms with Crippen LogP contribution in [0.25, 0.3) is 22.0 Å². The van der Waals surface area contributed by atoms with Crippen molar-refractivity contribution in [2.45, 2.75) is 19.9 Å². The van der Waals surface area contributed by atoms with Crippen LogP contribution < -0.4 is 23.7 Å². The smallest absolute Gasteiger partial charge is 0.206 e. The summed E-state index contributed by atoms with van der Waals surface area (Å²) in [5.41, 5.74) is 2.81. The predicted octanol–water partition coefficient (Wildman–Crippen LogP) is 5.60. The minimum Gasteiger partial charge on any atom is -0.497 e. The quantitative estimate of drug-likeness (QED) is 0.301. The van der Waals surface area contributed by atoms with E-state index in [9.17, 15) is 0 Å². The molecule has 0 unspecified atom stereocenters. The van der Waals surface area contributed by atoms with Gasteiger partial charge in [0.2, 0.25) is 10.6 Å². The molecule has 0 saturated carbocycles. The Bertz CT molecular complexity index is 1410. The van der Waals surface area contributed by atoms with Crippen LogP contribution in [0.2, 0.25) is 0 Å². The zero-order valence-electron chi connectivity index (χ0n) is 20.7. The zero-order valence-corrected chi connectivity index (χ0v) is 21.6. The van der Waals surface area contributed by atoms with Gasteiger partial charge < -0.3 is 18.9 Å². The van der Waals surface area contributed by atoms with Crippen molar-refractivity contribution < 1.29 is 18.9 Å². The number of ether oxygens (including phenoxy) is 4. The van der Waals surface area contributed by atoms with Gasteiger partial charge in [-0.1, -0.05) is 18.2 Å². The Morgan fingerprint density at radius 2 is 1.51 bits per heavy atom. The maximum Gasteiger partial charge on any atom is 0.206 e. The largest absolute Gasteiger partial charge is 0.497 e. The second-order valence-corrected chi connectivity index (χ2v) is 8.91. The van der Waals surface area contributed by atoms with Crippen LogP contribution in [0.1, 0.15) is 19.4 Å². The van der Waals surface area contributed by atoms with Crippen molar-refractivity contribution in [1.29, 1.82) is 0 Å². The van der Waals surface area contributed by atoms with Crippen molar-refractivity contribution in [2.24, 2.45) is 10.1 Å². The van der Waals surface area contributed by atoms with E-state index in [4.69, 9.17) is 29.0 Å². The Balaban J connectivity index is 1.82. The summed E-state index contributed by atoms with van der Waals surface area (Å²) in [6.07, 6.45) is 1.77. The number of methoxy groups -OCH3 is 4. The Morgan fingerprint density at radius 3 is 2.14 bits per heavy atom. The van der Waals surface area contributed by atoms with Crippen LogP contribution in [0.5, 0.6) is 23.0 Å². The number of hydrogen-bond acceptors (Lipinski definition) is 7. The SMILES string of the molecule is COc1ccc2cc(-c3csc(=NC(C)C)n3N=Cc3cc(OC)c(OC)c(OC)c3)ccc2c1. The van der Waals surface area contributed by atoms with E-state index in [1.54, 1.807) is 46.0 Å². The van der Waals surface area contributed by atoms with Gasteiger partial charge in [0.15, 0.2) is 11.5 Å². The fraction of sp³-hybridized carbons (Fsp3) is 0.259. The molecule has 0 aliphatic heterocycles. The minimum absolute atomic E-state index is 0.133. The topological polar surface area (TPSA) is 66.6 Å². The second kappa shape index (κ2) is 10.7. The third-order valence-electron chi connectivity index (χ3n) is 5.41. The maximum absolute atomic E-state index is 5.48. The highest BCUT2D eigenvalue weighted by atomic mass is 32.1. The standard InChI is InChI=1S/C27H29N3O4S/c1-17(2)29-27-30(28-15-18-11-24(32-4)26(34-6)25(12-18)33-5)23(16-35-27)21-8-7-20-14-22(31-3)10-9-19(20)13-21/h7-17H,1-6H3. The Morgan fingerprint density at radius 1 is 0.829 bits per heavy atom. The molecule has 0 amide bonds. The number of thiazole rings is 1. The Hall–Kier alpha value is -3.78. The average Bonchev–Trinajstić information content (AvgIpc) is 3.27. The first-order valence-corrected chi connectivity index (χ1v) is 12.0. The third kappa shape index (κ3) is 5.17. The van der Waals surface area contributed by atoms with Crippen molar-refractivity contribution in [1.82, 2.24) is 4.68 Å². The van der Waals surface area contributed by atoms with Crippen molar-refractivity contribution in [3.8, 4) is 34.3 Å². The number of fused-ring (bicyclic) bond motifs is 1. The van der Waals surface area contributed by atoms with Crippen LogP contribution in [0, 0.1) is 0 Å². The molecule has 35 heavy (non-hydrogen) atoms. The van der Waals surface area contributed by atoms with E-state index in [0.717, 1.165) is 38.1 Å². The van der Waals surface area contributed by atoms with E-state index in [1.807, 2.05) is 28.9 Å². The highest BCUT2D eigenvalue weighted by Gasteiger charge is 2.13. The van der Waals surface area contributed by atoms with Crippen molar-refractivity contribution in [2.75, 3.05) is 28.4 Å². The molecule has 0 aliphatic rings. The monoisotopic (exact) mass is 491 g/mol. The van der Waals surface area contributed by atoms with Crippen molar-refractivity contribution >= 4 is 28.3 Å². The summed E-state index contributed by atoms with van der Waals surface area (Å²) in [4.78, 5) is 5.59. The van der Waals surface area contributed by atoms with Crippen LogP contribution in [0.15, 0.2) is 64.0 Å². The maximum atomic E-state index is 5.48. The van der Waals surface area contributed by atoms with E-state index < -0.39 is 0 Å². The first-order valence-electron chi connectivity index (χ1n) is 11.1. The van der Waals surface area contributed by atoms with Crippen LogP contribution in [0.3, 0.4) is 0 Å². The van der Waals surface area contributed by atoms with Gasteiger partial charge in [-0.15, -0.1) is 11.3 Å². The van der Waals surface area contributed by atoms with Gasteiger partial charge in [0.1, 0.15) is 5.75 Å². The van der Waals surface area contributed by atoms with E-state index >= 15 is 0 Å². The molecule has 7 nitrogen and oxygen atoms in total. The highest BCUT2D eigenvalue weighted by molar-refractivity contribution is 7.07. The van der Waals surface area contributed by atoms with Gasteiger partial charge in [-0.2, -0.15) is 5.10 Å². The highest BCUT2D eigenvalue weighted by Crippen LogP contribution is 2.37. The van der Waals surface area contributed by atoms with Crippen LogP contribution in [-0.4, -0.2) is 45.4 Å². The van der Waals surface area contributed by atoms with E-state index in [-0.39, 0.29) is 6.04 Å². The van der Waals surface area contributed by atoms with Crippen LogP contribution in [-0.2, 0) is 0 Å². The average molecular weight is 492 g/mol. The molecule has 0 spiro atoms. The zero-order chi connectivity index (χ0) is 24.9. The summed E-state index contributed by atoms with van der Waals surface area (Å²) in [6.45, 7) is 4.10. The number of rotatable bonds is 8. The van der Waals surface area contributed by atoms with Gasteiger partial charge in [-0.25, -0.2) is 4.68 Å². The number of nitrogens with zero attached hydrogens (tertiary/aromatic N) is 3. The molecule has 0 fully saturated rings. The van der Waals surface area contributed by atoms with Gasteiger partial charge in [-0.05, 0) is 55.0 Å². The van der Waals surface area contributed by atoms with Crippen LogP contribution >= 0.6 is 11.3 Å². The van der Waals surface area contributed by atoms with Crippen molar-refractivity contribution in [3.63, 3.8) is 0 Å². The molecule has 1 heterocycles. The molecule has 8 heteroatoms. The second-order valence-electron chi connectivity index (χ2n) is 8.07. The van der Waals surface area contributed by atoms with E-state index in [2.05, 4.69) is 43.5 Å². The fourth-order valence-electron chi connectivity index (χ4n) is 3.73. The molecule has 0 radical (unpaired) electrons. The number of hydrogen-bond donors (Lipinski definition) is 0. The van der Waals surface area contributed by atoms with Crippen LogP contribution in [0.4, 0.5) is 0 Å². The summed E-state index contributed by atoms with van der Waals surface area (Å²) < 4.78 is 23.6. The van der Waals surface area contributed by atoms with Gasteiger partial charge >= 0.3 is 0 Å². The molecule has 4 aromatic rings. The lowest BCUT2D eigenvalue weighted by molar-refractivity contribution is 0.324. The lowest BCUT2D eigenvalue weighted by Gasteiger charge is -2.12. The van der Waals surface area contributed by atoms with Gasteiger partial charge in [0.05, 0.1) is 40.3 Å². The number of benzene rings is 3. The minimum atomic E-state index is 0.133. The molecule has 0 saturated heterocycles. The van der Waals surface area contributed by atoms with E-state index in [1.165, 1.54) is 0 Å². The summed E-state index contributed by atoms with van der Waals surface area (Å²) in [7, 11) is 6.45. The van der Waals surface area contributed by atoms with Gasteiger partial charge in [0.25, 0.3) is 0 Å². The van der Waals surface area contributed by atoms with Crippen molar-refractivity contribution in [3.05, 3.63) is 64.3 Å². The molecule has 0 atom stereocenters. The van der Waals surface area contributed by atoms with Gasteiger partial charge in [0, 0.05) is 22.5 Å². The normalized spacial score (nSPS) is 12.0. The lowest BCUT2D eigenvalue weighted by Crippen LogP contribution is -2.14. The molecular formula is C27H29N3O4S. The first-order chi connectivity index (χ1) is 17.0. The predicted molar refractivity (Wildman–Crippen MR) is 142 cm³/mol. The van der Waals surface area contributed by atoms with Gasteiger partial charge in [-0.3, -0.25) is 4.99 Å². The molecule has 0 bridgehead atoms. The molecule has 4 rings (SSSR count). The summed E-state index contributed by atoms with van der Waals surface area (Å²) in [6, 6.07) is 16.3. The fourth-order valence-corrected chi connectivity index (χ4v) is 4.70. The summed E-state index contributed by atoms with van der Waals surface area (Å²) >= 11 is 1.56. The molecule has 1 aromatic heterocycles. The molecule has 0 aliphatic carbocycles. The van der Waals surface area contributed by atoms with E-state index in [0.29, 0.717) is 17.2 Å². The molecule has 0 N–H and O–H groups in total. The first kappa shape index (κ1) is 24.3. The molecule has 3 aromatic carbocycles. The molecular weight excluding hydrogens is 462 g/mol. The Labute approximate surface area is 208 Å². The summed E-state index contributed by atoms with van der Waals surface area (Å²) in [5.74, 6) is 2.52.